The van der Waals surface area contributed by atoms with Gasteiger partial charge in [-0.05, 0) is 52.2 Å². The third-order valence-electron chi connectivity index (χ3n) is 4.19. The molecule has 0 aromatic heterocycles. The lowest BCUT2D eigenvalue weighted by Gasteiger charge is -2.35. The normalized spacial score (nSPS) is 16.5. The molecule has 0 aliphatic rings. The summed E-state index contributed by atoms with van der Waals surface area (Å²) < 4.78 is 0. The van der Waals surface area contributed by atoms with Gasteiger partial charge in [0.25, 0.3) is 0 Å². The molecule has 0 aliphatic carbocycles. The number of ketones is 1. The lowest BCUT2D eigenvalue weighted by atomic mass is 9.77. The van der Waals surface area contributed by atoms with Gasteiger partial charge in [-0.25, -0.2) is 0 Å². The first kappa shape index (κ1) is 20.2. The zero-order valence-corrected chi connectivity index (χ0v) is 15.6. The molecule has 0 saturated carbocycles. The van der Waals surface area contributed by atoms with Crippen LogP contribution in [0.2, 0.25) is 0 Å². The van der Waals surface area contributed by atoms with Gasteiger partial charge in [0.1, 0.15) is 0 Å². The van der Waals surface area contributed by atoms with Crippen molar-refractivity contribution in [3.63, 3.8) is 0 Å². The number of Topliss-reactive ketones (excluding diaryl/α,β-unsaturated/α-hetero) is 1. The number of allylic oxidation sites excluding steroid dienone is 1. The van der Waals surface area contributed by atoms with Gasteiger partial charge in [-0.1, -0.05) is 33.3 Å². The summed E-state index contributed by atoms with van der Waals surface area (Å²) in [5, 5.41) is 6.62. The van der Waals surface area contributed by atoms with E-state index < -0.39 is 0 Å². The molecule has 124 valence electrons. The first-order valence-electron chi connectivity index (χ1n) is 8.10. The van der Waals surface area contributed by atoms with Gasteiger partial charge in [-0.15, -0.1) is 0 Å². The van der Waals surface area contributed by atoms with Crippen LogP contribution in [0, 0.1) is 11.3 Å². The second-order valence-electron chi connectivity index (χ2n) is 7.86. The molecule has 0 heterocycles. The second kappa shape index (κ2) is 7.98. The Kier molecular flexibility index (Phi) is 7.66. The number of carbonyl (C=O) groups excluding carboxylic acids is 1. The van der Waals surface area contributed by atoms with E-state index in [4.69, 9.17) is 0 Å². The molecule has 0 fully saturated rings. The zero-order valence-electron chi connectivity index (χ0n) is 15.6. The Morgan fingerprint density at radius 3 is 2.10 bits per heavy atom. The highest BCUT2D eigenvalue weighted by Crippen LogP contribution is 2.32. The molecule has 0 aromatic carbocycles. The number of rotatable bonds is 8. The summed E-state index contributed by atoms with van der Waals surface area (Å²) in [6.45, 7) is 17.0. The average molecular weight is 296 g/mol. The zero-order chi connectivity index (χ0) is 16.8. The SMILES string of the molecule is CCC(C)C(=O)C(CC(C)(C)C(C)=CNC)NC(C)(C)C. The molecule has 0 aliphatic heterocycles. The monoisotopic (exact) mass is 296 g/mol. The van der Waals surface area contributed by atoms with E-state index in [1.165, 1.54) is 5.57 Å². The van der Waals surface area contributed by atoms with Crippen LogP contribution >= 0.6 is 0 Å². The van der Waals surface area contributed by atoms with Gasteiger partial charge in [-0.2, -0.15) is 0 Å². The van der Waals surface area contributed by atoms with Crippen molar-refractivity contribution in [3.8, 4) is 0 Å². The summed E-state index contributed by atoms with van der Waals surface area (Å²) in [5.41, 5.74) is 1.18. The minimum absolute atomic E-state index is 0.0188. The summed E-state index contributed by atoms with van der Waals surface area (Å²) in [5.74, 6) is 0.437. The number of carbonyl (C=O) groups is 1. The number of hydrogen-bond donors (Lipinski definition) is 2. The first-order chi connectivity index (χ1) is 9.44. The Labute approximate surface area is 132 Å². The summed E-state index contributed by atoms with van der Waals surface area (Å²) in [7, 11) is 1.91. The lowest BCUT2D eigenvalue weighted by molar-refractivity contribution is -0.125. The molecule has 2 atom stereocenters. The van der Waals surface area contributed by atoms with Crippen LogP contribution in [0.4, 0.5) is 0 Å². The lowest BCUT2D eigenvalue weighted by Crippen LogP contribution is -2.51. The van der Waals surface area contributed by atoms with Crippen LogP contribution in [0.25, 0.3) is 0 Å². The van der Waals surface area contributed by atoms with Crippen molar-refractivity contribution in [2.24, 2.45) is 11.3 Å². The van der Waals surface area contributed by atoms with Gasteiger partial charge in [0, 0.05) is 18.5 Å². The van der Waals surface area contributed by atoms with Crippen LogP contribution in [0.1, 0.15) is 68.2 Å². The van der Waals surface area contributed by atoms with Crippen molar-refractivity contribution in [1.29, 1.82) is 0 Å². The van der Waals surface area contributed by atoms with E-state index >= 15 is 0 Å². The highest BCUT2D eigenvalue weighted by Gasteiger charge is 2.33. The van der Waals surface area contributed by atoms with Crippen LogP contribution in [0.3, 0.4) is 0 Å². The maximum atomic E-state index is 12.7. The topological polar surface area (TPSA) is 41.1 Å². The van der Waals surface area contributed by atoms with Gasteiger partial charge < -0.3 is 10.6 Å². The fourth-order valence-electron chi connectivity index (χ4n) is 2.37. The Hall–Kier alpha value is -0.830. The quantitative estimate of drug-likeness (QED) is 0.714. The van der Waals surface area contributed by atoms with Crippen LogP contribution in [0.15, 0.2) is 11.8 Å². The average Bonchev–Trinajstić information content (AvgIpc) is 2.34. The molecule has 21 heavy (non-hydrogen) atoms. The molecule has 2 N–H and O–H groups in total. The Bertz CT molecular complexity index is 364. The van der Waals surface area contributed by atoms with E-state index in [-0.39, 0.29) is 22.9 Å². The molecular weight excluding hydrogens is 260 g/mol. The van der Waals surface area contributed by atoms with Crippen molar-refractivity contribution in [1.82, 2.24) is 10.6 Å². The van der Waals surface area contributed by atoms with E-state index in [9.17, 15) is 4.79 Å². The molecule has 0 aromatic rings. The van der Waals surface area contributed by atoms with E-state index in [0.717, 1.165) is 12.8 Å². The van der Waals surface area contributed by atoms with E-state index in [0.29, 0.717) is 5.78 Å². The van der Waals surface area contributed by atoms with Crippen LogP contribution in [-0.2, 0) is 4.79 Å². The van der Waals surface area contributed by atoms with Crippen LogP contribution < -0.4 is 10.6 Å². The Morgan fingerprint density at radius 1 is 1.19 bits per heavy atom. The van der Waals surface area contributed by atoms with Gasteiger partial charge in [-0.3, -0.25) is 4.79 Å². The fraction of sp³-hybridized carbons (Fsp3) is 0.833. The van der Waals surface area contributed by atoms with Crippen molar-refractivity contribution < 1.29 is 4.79 Å². The fourth-order valence-corrected chi connectivity index (χ4v) is 2.37. The second-order valence-corrected chi connectivity index (χ2v) is 7.86. The molecule has 0 rings (SSSR count). The maximum absolute atomic E-state index is 12.7. The predicted octanol–water partition coefficient (Wildman–Crippen LogP) is 3.90. The van der Waals surface area contributed by atoms with Gasteiger partial charge in [0.15, 0.2) is 5.78 Å². The van der Waals surface area contributed by atoms with Crippen molar-refractivity contribution in [2.45, 2.75) is 79.8 Å². The van der Waals surface area contributed by atoms with Crippen molar-refractivity contribution in [2.75, 3.05) is 7.05 Å². The number of nitrogens with one attached hydrogen (secondary N) is 2. The summed E-state index contributed by atoms with van der Waals surface area (Å²) in [6.07, 6.45) is 3.74. The van der Waals surface area contributed by atoms with Crippen molar-refractivity contribution in [3.05, 3.63) is 11.8 Å². The van der Waals surface area contributed by atoms with Crippen LogP contribution in [-0.4, -0.2) is 24.4 Å². The molecule has 3 nitrogen and oxygen atoms in total. The summed E-state index contributed by atoms with van der Waals surface area (Å²) in [6, 6.07) is -0.102. The van der Waals surface area contributed by atoms with E-state index in [1.807, 2.05) is 20.2 Å². The minimum Gasteiger partial charge on any atom is -0.394 e. The highest BCUT2D eigenvalue weighted by molar-refractivity contribution is 5.86. The molecule has 2 unspecified atom stereocenters. The minimum atomic E-state index is -0.102. The van der Waals surface area contributed by atoms with Crippen LogP contribution in [0.5, 0.6) is 0 Å². The smallest absolute Gasteiger partial charge is 0.152 e. The molecule has 0 amide bonds. The van der Waals surface area contributed by atoms with Gasteiger partial charge in [0.2, 0.25) is 0 Å². The summed E-state index contributed by atoms with van der Waals surface area (Å²) >= 11 is 0. The Morgan fingerprint density at radius 2 is 1.71 bits per heavy atom. The predicted molar refractivity (Wildman–Crippen MR) is 92.4 cm³/mol. The van der Waals surface area contributed by atoms with Crippen molar-refractivity contribution >= 4 is 5.78 Å². The van der Waals surface area contributed by atoms with E-state index in [2.05, 4.69) is 59.1 Å². The molecule has 0 bridgehead atoms. The van der Waals surface area contributed by atoms with Gasteiger partial charge >= 0.3 is 0 Å². The maximum Gasteiger partial charge on any atom is 0.152 e. The third-order valence-corrected chi connectivity index (χ3v) is 4.19. The third kappa shape index (κ3) is 7.12. The van der Waals surface area contributed by atoms with E-state index in [1.54, 1.807) is 0 Å². The molecule has 0 spiro atoms. The number of hydrogen-bond acceptors (Lipinski definition) is 3. The molecule has 0 radical (unpaired) electrons. The largest absolute Gasteiger partial charge is 0.394 e. The molecule has 0 saturated heterocycles. The first-order valence-corrected chi connectivity index (χ1v) is 8.10. The Balaban J connectivity index is 5.24. The highest BCUT2D eigenvalue weighted by atomic mass is 16.1. The molecule has 3 heteroatoms. The molecular formula is C18H36N2O. The summed E-state index contributed by atoms with van der Waals surface area (Å²) in [4.78, 5) is 12.7. The van der Waals surface area contributed by atoms with Gasteiger partial charge in [0.05, 0.1) is 6.04 Å². The standard InChI is InChI=1S/C18H36N2O/c1-10-13(2)16(21)15(20-17(4,5)6)11-18(7,8)14(3)12-19-9/h12-13,15,19-20H,10-11H2,1-9H3.